The lowest BCUT2D eigenvalue weighted by molar-refractivity contribution is -0.187. The Labute approximate surface area is 231 Å². The molecule has 0 radical (unpaired) electrons. The molecule has 6 nitrogen and oxygen atoms in total. The van der Waals surface area contributed by atoms with Crippen molar-refractivity contribution >= 4 is 22.6 Å². The zero-order valence-electron chi connectivity index (χ0n) is 23.5. The van der Waals surface area contributed by atoms with Gasteiger partial charge in [0.15, 0.2) is 0 Å². The molecule has 3 atom stereocenters. The van der Waals surface area contributed by atoms with E-state index in [0.29, 0.717) is 37.4 Å². The monoisotopic (exact) mass is 528 g/mol. The molecule has 1 aliphatic carbocycles. The fraction of sp³-hybridized carbons (Fsp3) is 0.455. The van der Waals surface area contributed by atoms with E-state index in [1.807, 2.05) is 54.6 Å². The molecule has 206 valence electrons. The number of fused-ring (bicyclic) bond motifs is 2. The van der Waals surface area contributed by atoms with Gasteiger partial charge in [0.05, 0.1) is 0 Å². The summed E-state index contributed by atoms with van der Waals surface area (Å²) in [5, 5.41) is 12.6. The number of likely N-dealkylation sites (tertiary alicyclic amines) is 1. The fourth-order valence-electron chi connectivity index (χ4n) is 7.12. The lowest BCUT2D eigenvalue weighted by Crippen LogP contribution is -2.68. The number of phenols is 1. The van der Waals surface area contributed by atoms with Crippen molar-refractivity contribution in [1.82, 2.24) is 9.80 Å². The Balaban J connectivity index is 1.57. The van der Waals surface area contributed by atoms with Crippen LogP contribution in [0.3, 0.4) is 0 Å². The van der Waals surface area contributed by atoms with Crippen LogP contribution in [-0.4, -0.2) is 65.1 Å². The van der Waals surface area contributed by atoms with Gasteiger partial charge in [0.1, 0.15) is 11.4 Å². The van der Waals surface area contributed by atoms with E-state index in [1.165, 1.54) is 6.92 Å². The zero-order valence-corrected chi connectivity index (χ0v) is 23.5. The van der Waals surface area contributed by atoms with Gasteiger partial charge < -0.3 is 19.6 Å². The molecule has 39 heavy (non-hydrogen) atoms. The number of carbonyl (C=O) groups is 2. The topological polar surface area (TPSA) is 70.1 Å². The molecule has 2 fully saturated rings. The third kappa shape index (κ3) is 5.14. The summed E-state index contributed by atoms with van der Waals surface area (Å²) in [6.45, 7) is 7.89. The Bertz CT molecular complexity index is 1370. The molecule has 0 unspecified atom stereocenters. The molecule has 6 heteroatoms. The number of piperidine rings is 1. The third-order valence-corrected chi connectivity index (χ3v) is 8.78. The summed E-state index contributed by atoms with van der Waals surface area (Å²) in [5.41, 5.74) is 0.419. The maximum Gasteiger partial charge on any atom is 0.303 e. The molecule has 1 heterocycles. The van der Waals surface area contributed by atoms with Gasteiger partial charge in [-0.05, 0) is 85.8 Å². The Morgan fingerprint density at radius 1 is 1.05 bits per heavy atom. The van der Waals surface area contributed by atoms with Crippen LogP contribution >= 0.6 is 0 Å². The Morgan fingerprint density at radius 2 is 1.82 bits per heavy atom. The number of nitrogens with zero attached hydrogens (tertiary/aromatic N) is 2. The molecule has 0 bridgehead atoms. The van der Waals surface area contributed by atoms with E-state index in [9.17, 15) is 14.7 Å². The summed E-state index contributed by atoms with van der Waals surface area (Å²) in [5.74, 6) is 0.243. The van der Waals surface area contributed by atoms with Crippen molar-refractivity contribution in [3.63, 3.8) is 0 Å². The molecule has 1 amide bonds. The summed E-state index contributed by atoms with van der Waals surface area (Å²) in [7, 11) is 2.07. The lowest BCUT2D eigenvalue weighted by atomic mass is 9.55. The summed E-state index contributed by atoms with van der Waals surface area (Å²) >= 11 is 0. The highest BCUT2D eigenvalue weighted by atomic mass is 16.6. The first-order valence-electron chi connectivity index (χ1n) is 14.1. The minimum atomic E-state index is -0.731. The number of hydrogen-bond acceptors (Lipinski definition) is 5. The molecule has 1 N–H and O–H groups in total. The third-order valence-electron chi connectivity index (χ3n) is 8.78. The van der Waals surface area contributed by atoms with E-state index >= 15 is 0 Å². The molecule has 0 aromatic heterocycles. The molecule has 1 saturated heterocycles. The molecule has 1 saturated carbocycles. The lowest BCUT2D eigenvalue weighted by Gasteiger charge is -2.60. The van der Waals surface area contributed by atoms with Gasteiger partial charge in [-0.2, -0.15) is 0 Å². The Hall–Kier alpha value is -3.38. The van der Waals surface area contributed by atoms with Crippen molar-refractivity contribution in [2.24, 2.45) is 5.92 Å². The fourth-order valence-corrected chi connectivity index (χ4v) is 7.12. The van der Waals surface area contributed by atoms with Crippen molar-refractivity contribution in [2.75, 3.05) is 26.7 Å². The molecule has 0 spiro atoms. The second-order valence-corrected chi connectivity index (χ2v) is 12.0. The first-order chi connectivity index (χ1) is 18.6. The van der Waals surface area contributed by atoms with E-state index in [4.69, 9.17) is 4.74 Å². The van der Waals surface area contributed by atoms with Gasteiger partial charge in [-0.3, -0.25) is 9.59 Å². The van der Waals surface area contributed by atoms with Gasteiger partial charge in [-0.15, -0.1) is 0 Å². The smallest absolute Gasteiger partial charge is 0.303 e. The highest BCUT2D eigenvalue weighted by Crippen LogP contribution is 2.54. The van der Waals surface area contributed by atoms with Gasteiger partial charge in [0.2, 0.25) is 0 Å². The van der Waals surface area contributed by atoms with E-state index in [1.54, 1.807) is 6.07 Å². The second-order valence-electron chi connectivity index (χ2n) is 12.0. The minimum absolute atomic E-state index is 0.0270. The predicted molar refractivity (Wildman–Crippen MR) is 154 cm³/mol. The number of carbonyl (C=O) groups excluding carboxylic acids is 2. The largest absolute Gasteiger partial charge is 0.508 e. The first kappa shape index (κ1) is 27.2. The van der Waals surface area contributed by atoms with E-state index in [0.717, 1.165) is 35.7 Å². The van der Waals surface area contributed by atoms with Crippen LogP contribution in [0.25, 0.3) is 10.8 Å². The van der Waals surface area contributed by atoms with E-state index in [2.05, 4.69) is 36.8 Å². The summed E-state index contributed by atoms with van der Waals surface area (Å²) in [6, 6.07) is 21.5. The number of rotatable bonds is 6. The molecule has 3 aromatic carbocycles. The first-order valence-corrected chi connectivity index (χ1v) is 14.1. The van der Waals surface area contributed by atoms with Gasteiger partial charge in [0.25, 0.3) is 5.91 Å². The number of hydrogen-bond donors (Lipinski definition) is 1. The molecule has 3 aromatic rings. The van der Waals surface area contributed by atoms with Crippen LogP contribution in [-0.2, 0) is 14.9 Å². The SMILES string of the molecule is CC(=O)O[C@]12CC[C@@H](N(CC(C)C)C(=O)c3ccc4ccccc4c3)C[C@]1(c1cccc(O)c1)CCN(C)C2. The van der Waals surface area contributed by atoms with Crippen LogP contribution in [0.1, 0.15) is 62.4 Å². The second kappa shape index (κ2) is 10.6. The summed E-state index contributed by atoms with van der Waals surface area (Å²) in [6.07, 6.45) is 2.84. The molecular weight excluding hydrogens is 488 g/mol. The number of likely N-dealkylation sites (N-methyl/N-ethyl adjacent to an activating group) is 1. The number of aromatic hydroxyl groups is 1. The normalized spacial score (nSPS) is 25.3. The van der Waals surface area contributed by atoms with Crippen molar-refractivity contribution < 1.29 is 19.4 Å². The summed E-state index contributed by atoms with van der Waals surface area (Å²) in [4.78, 5) is 31.0. The van der Waals surface area contributed by atoms with Gasteiger partial charge in [-0.25, -0.2) is 0 Å². The number of phenolic OH excluding ortho intramolecular Hbond substituents is 1. The Morgan fingerprint density at radius 3 is 2.54 bits per heavy atom. The van der Waals surface area contributed by atoms with Crippen LogP contribution < -0.4 is 0 Å². The summed E-state index contributed by atoms with van der Waals surface area (Å²) < 4.78 is 6.29. The van der Waals surface area contributed by atoms with Crippen LogP contribution in [0, 0.1) is 5.92 Å². The van der Waals surface area contributed by atoms with Gasteiger partial charge >= 0.3 is 5.97 Å². The predicted octanol–water partition coefficient (Wildman–Crippen LogP) is 5.77. The van der Waals surface area contributed by atoms with Crippen molar-refractivity contribution in [1.29, 1.82) is 0 Å². The number of ether oxygens (including phenoxy) is 1. The van der Waals surface area contributed by atoms with Crippen molar-refractivity contribution in [3.8, 4) is 5.75 Å². The average Bonchev–Trinajstić information content (AvgIpc) is 2.90. The van der Waals surface area contributed by atoms with Crippen LogP contribution in [0.4, 0.5) is 0 Å². The van der Waals surface area contributed by atoms with Crippen molar-refractivity contribution in [2.45, 2.75) is 63.5 Å². The molecule has 2 aliphatic rings. The van der Waals surface area contributed by atoms with E-state index in [-0.39, 0.29) is 23.7 Å². The van der Waals surface area contributed by atoms with Crippen LogP contribution in [0.2, 0.25) is 0 Å². The molecule has 1 aliphatic heterocycles. The van der Waals surface area contributed by atoms with Gasteiger partial charge in [0, 0.05) is 37.0 Å². The minimum Gasteiger partial charge on any atom is -0.508 e. The maximum absolute atomic E-state index is 14.2. The molecule has 5 rings (SSSR count). The average molecular weight is 529 g/mol. The van der Waals surface area contributed by atoms with Crippen LogP contribution in [0.5, 0.6) is 5.75 Å². The Kier molecular flexibility index (Phi) is 7.43. The quantitative estimate of drug-likeness (QED) is 0.411. The maximum atomic E-state index is 14.2. The number of amides is 1. The van der Waals surface area contributed by atoms with E-state index < -0.39 is 11.0 Å². The number of esters is 1. The van der Waals surface area contributed by atoms with Crippen LogP contribution in [0.15, 0.2) is 66.7 Å². The molecular formula is C33H40N2O4. The standard InChI is InChI=1S/C33H40N2O4/c1-23(2)21-35(31(38)27-13-12-25-8-5-6-9-26(25)18-27)29-14-15-33(39-24(3)36)22-34(4)17-16-32(33,20-29)28-10-7-11-30(37)19-28/h5-13,18-19,23,29,37H,14-17,20-22H2,1-4H3/t29-,32+,33+/m1/s1. The highest BCUT2D eigenvalue weighted by molar-refractivity contribution is 5.98. The van der Waals surface area contributed by atoms with Gasteiger partial charge in [-0.1, -0.05) is 56.3 Å². The van der Waals surface area contributed by atoms with Crippen molar-refractivity contribution in [3.05, 3.63) is 77.9 Å². The number of benzene rings is 3. The zero-order chi connectivity index (χ0) is 27.8. The highest BCUT2D eigenvalue weighted by Gasteiger charge is 2.61.